The van der Waals surface area contributed by atoms with Gasteiger partial charge in [0, 0.05) is 5.56 Å². The summed E-state index contributed by atoms with van der Waals surface area (Å²) in [6, 6.07) is 5.31. The third-order valence-corrected chi connectivity index (χ3v) is 3.65. The van der Waals surface area contributed by atoms with Crippen LogP contribution in [0.25, 0.3) is 0 Å². The molecular formula is C14H19NO6S. The fourth-order valence-electron chi connectivity index (χ4n) is 1.91. The monoisotopic (exact) mass is 329 g/mol. The van der Waals surface area contributed by atoms with Crippen LogP contribution in [0.2, 0.25) is 0 Å². The Labute approximate surface area is 129 Å². The maximum atomic E-state index is 12.2. The van der Waals surface area contributed by atoms with Gasteiger partial charge in [0.25, 0.3) is 16.0 Å². The number of rotatable bonds is 7. The van der Waals surface area contributed by atoms with Crippen molar-refractivity contribution in [3.63, 3.8) is 0 Å². The molecule has 1 aromatic carbocycles. The summed E-state index contributed by atoms with van der Waals surface area (Å²) in [5, 5.41) is 2.30. The Bertz CT molecular complexity index is 640. The van der Waals surface area contributed by atoms with Gasteiger partial charge in [-0.2, -0.15) is 8.42 Å². The number of carbonyl (C=O) groups is 2. The molecule has 22 heavy (non-hydrogen) atoms. The van der Waals surface area contributed by atoms with E-state index in [1.165, 1.54) is 0 Å². The van der Waals surface area contributed by atoms with E-state index in [4.69, 9.17) is 9.29 Å². The summed E-state index contributed by atoms with van der Waals surface area (Å²) in [7, 11) is -4.45. The number of benzene rings is 1. The SMILES string of the molecule is CCOC(=O)[C@H](CS(=O)(=O)O)NC(=O)c1ccccc1CC. The number of carbonyl (C=O) groups excluding carboxylic acids is 2. The molecule has 0 unspecified atom stereocenters. The summed E-state index contributed by atoms with van der Waals surface area (Å²) in [6.45, 7) is 3.45. The van der Waals surface area contributed by atoms with Crippen molar-refractivity contribution in [3.8, 4) is 0 Å². The molecule has 1 atom stereocenters. The molecule has 0 spiro atoms. The van der Waals surface area contributed by atoms with E-state index >= 15 is 0 Å². The first-order valence-electron chi connectivity index (χ1n) is 6.79. The lowest BCUT2D eigenvalue weighted by molar-refractivity contribution is -0.144. The number of aryl methyl sites for hydroxylation is 1. The van der Waals surface area contributed by atoms with Crippen LogP contribution in [0.5, 0.6) is 0 Å². The van der Waals surface area contributed by atoms with Gasteiger partial charge >= 0.3 is 5.97 Å². The molecule has 0 heterocycles. The highest BCUT2D eigenvalue weighted by atomic mass is 32.2. The van der Waals surface area contributed by atoms with E-state index < -0.39 is 33.8 Å². The van der Waals surface area contributed by atoms with Crippen LogP contribution in [0.1, 0.15) is 29.8 Å². The van der Waals surface area contributed by atoms with Crippen molar-refractivity contribution in [2.24, 2.45) is 0 Å². The third kappa shape index (κ3) is 5.45. The molecule has 8 heteroatoms. The van der Waals surface area contributed by atoms with Gasteiger partial charge in [-0.05, 0) is 25.0 Å². The standard InChI is InChI=1S/C14H19NO6S/c1-3-10-7-5-6-8-11(10)13(16)15-12(9-22(18,19)20)14(17)21-4-2/h5-8,12H,3-4,9H2,1-2H3,(H,15,16)(H,18,19,20)/t12-/m0/s1. The zero-order valence-corrected chi connectivity index (χ0v) is 13.2. The highest BCUT2D eigenvalue weighted by molar-refractivity contribution is 7.85. The van der Waals surface area contributed by atoms with Gasteiger partial charge in [0.05, 0.1) is 6.61 Å². The van der Waals surface area contributed by atoms with Crippen molar-refractivity contribution in [1.82, 2.24) is 5.32 Å². The van der Waals surface area contributed by atoms with Crippen LogP contribution in [-0.4, -0.2) is 43.2 Å². The quantitative estimate of drug-likeness (QED) is 0.565. The lowest BCUT2D eigenvalue weighted by atomic mass is 10.0. The van der Waals surface area contributed by atoms with Crippen LogP contribution in [-0.2, 0) is 26.1 Å². The molecule has 122 valence electrons. The molecule has 2 N–H and O–H groups in total. The maximum absolute atomic E-state index is 12.2. The lowest BCUT2D eigenvalue weighted by Gasteiger charge is -2.17. The number of hydrogen-bond acceptors (Lipinski definition) is 5. The van der Waals surface area contributed by atoms with Crippen LogP contribution in [0.4, 0.5) is 0 Å². The second kappa shape index (κ2) is 7.90. The highest BCUT2D eigenvalue weighted by Crippen LogP contribution is 2.10. The van der Waals surface area contributed by atoms with E-state index in [0.29, 0.717) is 12.0 Å². The lowest BCUT2D eigenvalue weighted by Crippen LogP contribution is -2.46. The summed E-state index contributed by atoms with van der Waals surface area (Å²) >= 11 is 0. The zero-order chi connectivity index (χ0) is 16.8. The maximum Gasteiger partial charge on any atom is 0.329 e. The molecule has 7 nitrogen and oxygen atoms in total. The Morgan fingerprint density at radius 2 is 1.91 bits per heavy atom. The molecule has 1 amide bonds. The molecular weight excluding hydrogens is 310 g/mol. The van der Waals surface area contributed by atoms with E-state index in [9.17, 15) is 18.0 Å². The highest BCUT2D eigenvalue weighted by Gasteiger charge is 2.28. The van der Waals surface area contributed by atoms with E-state index in [1.54, 1.807) is 31.2 Å². The van der Waals surface area contributed by atoms with E-state index in [1.807, 2.05) is 6.92 Å². The molecule has 1 aromatic rings. The predicted octanol–water partition coefficient (Wildman–Crippen LogP) is 0.798. The molecule has 0 aliphatic heterocycles. The van der Waals surface area contributed by atoms with Gasteiger partial charge in [0.15, 0.2) is 0 Å². The van der Waals surface area contributed by atoms with Gasteiger partial charge < -0.3 is 10.1 Å². The first-order chi connectivity index (χ1) is 10.3. The normalized spacial score (nSPS) is 12.5. The summed E-state index contributed by atoms with van der Waals surface area (Å²) in [4.78, 5) is 24.0. The van der Waals surface area contributed by atoms with Gasteiger partial charge in [0.2, 0.25) is 0 Å². The molecule has 0 bridgehead atoms. The van der Waals surface area contributed by atoms with Crippen molar-refractivity contribution in [1.29, 1.82) is 0 Å². The fraction of sp³-hybridized carbons (Fsp3) is 0.429. The number of esters is 1. The van der Waals surface area contributed by atoms with Crippen molar-refractivity contribution >= 4 is 22.0 Å². The molecule has 0 saturated carbocycles. The van der Waals surface area contributed by atoms with Crippen LogP contribution in [0.15, 0.2) is 24.3 Å². The fourth-order valence-corrected chi connectivity index (χ4v) is 2.55. The first-order valence-corrected chi connectivity index (χ1v) is 8.40. The third-order valence-electron chi connectivity index (χ3n) is 2.90. The topological polar surface area (TPSA) is 110 Å². The van der Waals surface area contributed by atoms with Crippen LogP contribution in [0, 0.1) is 0 Å². The number of nitrogens with one attached hydrogen (secondary N) is 1. The summed E-state index contributed by atoms with van der Waals surface area (Å²) in [5.41, 5.74) is 1.10. The molecule has 0 saturated heterocycles. The minimum atomic E-state index is -4.45. The van der Waals surface area contributed by atoms with E-state index in [-0.39, 0.29) is 6.61 Å². The smallest absolute Gasteiger partial charge is 0.329 e. The summed E-state index contributed by atoms with van der Waals surface area (Å²) in [6.07, 6.45) is 0.603. The van der Waals surface area contributed by atoms with Crippen molar-refractivity contribution in [2.75, 3.05) is 12.4 Å². The van der Waals surface area contributed by atoms with Gasteiger partial charge in [0.1, 0.15) is 11.8 Å². The average molecular weight is 329 g/mol. The Kier molecular flexibility index (Phi) is 6.51. The molecule has 0 aliphatic rings. The minimum Gasteiger partial charge on any atom is -0.464 e. The van der Waals surface area contributed by atoms with Crippen molar-refractivity contribution in [3.05, 3.63) is 35.4 Å². The number of ether oxygens (including phenoxy) is 1. The Balaban J connectivity index is 2.97. The van der Waals surface area contributed by atoms with Crippen molar-refractivity contribution in [2.45, 2.75) is 26.3 Å². The minimum absolute atomic E-state index is 0.0300. The van der Waals surface area contributed by atoms with Gasteiger partial charge in [-0.15, -0.1) is 0 Å². The molecule has 0 aliphatic carbocycles. The predicted molar refractivity (Wildman–Crippen MR) is 80.1 cm³/mol. The molecule has 0 radical (unpaired) electrons. The first kappa shape index (κ1) is 18.1. The van der Waals surface area contributed by atoms with Gasteiger partial charge in [-0.25, -0.2) is 4.79 Å². The van der Waals surface area contributed by atoms with Gasteiger partial charge in [-0.1, -0.05) is 25.1 Å². The number of hydrogen-bond donors (Lipinski definition) is 2. The summed E-state index contributed by atoms with van der Waals surface area (Å²) < 4.78 is 35.6. The van der Waals surface area contributed by atoms with Gasteiger partial charge in [-0.3, -0.25) is 9.35 Å². The second-order valence-corrected chi connectivity index (χ2v) is 6.03. The van der Waals surface area contributed by atoms with Crippen LogP contribution < -0.4 is 5.32 Å². The largest absolute Gasteiger partial charge is 0.464 e. The molecule has 0 fully saturated rings. The van der Waals surface area contributed by atoms with Crippen LogP contribution >= 0.6 is 0 Å². The Morgan fingerprint density at radius 3 is 2.45 bits per heavy atom. The number of amides is 1. The average Bonchev–Trinajstić information content (AvgIpc) is 2.45. The second-order valence-electron chi connectivity index (χ2n) is 4.54. The Hall–Kier alpha value is -1.93. The molecule has 1 rings (SSSR count). The van der Waals surface area contributed by atoms with Crippen LogP contribution in [0.3, 0.4) is 0 Å². The van der Waals surface area contributed by atoms with Crippen molar-refractivity contribution < 1.29 is 27.3 Å². The molecule has 0 aromatic heterocycles. The summed E-state index contributed by atoms with van der Waals surface area (Å²) in [5.74, 6) is -2.45. The van der Waals surface area contributed by atoms with E-state index in [2.05, 4.69) is 5.32 Å². The zero-order valence-electron chi connectivity index (χ0n) is 12.4. The Morgan fingerprint density at radius 1 is 1.27 bits per heavy atom. The van der Waals surface area contributed by atoms with E-state index in [0.717, 1.165) is 5.56 Å².